The number of rotatable bonds is 2. The monoisotopic (exact) mass is 211 g/mol. The van der Waals surface area contributed by atoms with Crippen LogP contribution in [0, 0.1) is 0 Å². The van der Waals surface area contributed by atoms with Crippen molar-refractivity contribution in [3.8, 4) is 0 Å². The summed E-state index contributed by atoms with van der Waals surface area (Å²) in [4.78, 5) is 0. The van der Waals surface area contributed by atoms with Crippen LogP contribution in [0.5, 0.6) is 0 Å². The van der Waals surface area contributed by atoms with Gasteiger partial charge in [0.05, 0.1) is 0 Å². The van der Waals surface area contributed by atoms with Gasteiger partial charge in [-0.05, 0) is 12.8 Å². The normalized spacial score (nSPS) is 31.8. The maximum absolute atomic E-state index is 10.4. The van der Waals surface area contributed by atoms with Crippen molar-refractivity contribution in [2.75, 3.05) is 5.75 Å². The van der Waals surface area contributed by atoms with Gasteiger partial charge in [0.2, 0.25) is 0 Å². The second-order valence-corrected chi connectivity index (χ2v) is 5.67. The van der Waals surface area contributed by atoms with Gasteiger partial charge in [-0.15, -0.1) is 0 Å². The lowest BCUT2D eigenvalue weighted by Crippen LogP contribution is -2.38. The fraction of sp³-hybridized carbons (Fsp3) is 1.00. The van der Waals surface area contributed by atoms with Crippen molar-refractivity contribution in [3.05, 3.63) is 0 Å². The number of thioether (sulfide) groups is 1. The molecule has 1 aliphatic heterocycles. The minimum atomic E-state index is -4.00. The van der Waals surface area contributed by atoms with E-state index in [1.54, 1.807) is 11.8 Å². The highest BCUT2D eigenvalue weighted by Crippen LogP contribution is 2.24. The van der Waals surface area contributed by atoms with Gasteiger partial charge in [0, 0.05) is 17.0 Å². The number of nitrogens with one attached hydrogen (secondary N) is 1. The molecule has 2 N–H and O–H groups in total. The Labute approximate surface area is 77.0 Å². The quantitative estimate of drug-likeness (QED) is 0.659. The second kappa shape index (κ2) is 3.95. The molecule has 0 aliphatic carbocycles. The van der Waals surface area contributed by atoms with E-state index in [2.05, 4.69) is 11.6 Å². The van der Waals surface area contributed by atoms with E-state index < -0.39 is 10.3 Å². The standard InChI is InChI=1S/C6H13NO3S2/c1-5-2-3-6(4-11-5)7-12(8,9)10/h5-7H,2-4H2,1H3,(H,8,9,10)/t5-,6+/m1/s1. The lowest BCUT2D eigenvalue weighted by atomic mass is 10.1. The van der Waals surface area contributed by atoms with Crippen molar-refractivity contribution in [2.24, 2.45) is 0 Å². The van der Waals surface area contributed by atoms with Crippen molar-refractivity contribution in [1.29, 1.82) is 0 Å². The second-order valence-electron chi connectivity index (χ2n) is 3.01. The SMILES string of the molecule is C[C@@H]1CC[C@H](NS(=O)(=O)O)CS1. The highest BCUT2D eigenvalue weighted by Gasteiger charge is 2.21. The summed E-state index contributed by atoms with van der Waals surface area (Å²) in [6.07, 6.45) is 1.81. The lowest BCUT2D eigenvalue weighted by Gasteiger charge is -2.25. The Bertz CT molecular complexity index is 231. The zero-order valence-electron chi connectivity index (χ0n) is 6.86. The molecule has 0 saturated carbocycles. The number of hydrogen-bond acceptors (Lipinski definition) is 3. The maximum Gasteiger partial charge on any atom is 0.333 e. The Hall–Kier alpha value is 0.220. The fourth-order valence-corrected chi connectivity index (χ4v) is 3.03. The van der Waals surface area contributed by atoms with E-state index in [0.29, 0.717) is 5.25 Å². The molecule has 0 aromatic carbocycles. The van der Waals surface area contributed by atoms with Crippen LogP contribution in [0.25, 0.3) is 0 Å². The molecule has 12 heavy (non-hydrogen) atoms. The average molecular weight is 211 g/mol. The molecule has 2 atom stereocenters. The third-order valence-corrected chi connectivity index (χ3v) is 3.85. The zero-order chi connectivity index (χ0) is 9.19. The molecule has 0 amide bonds. The van der Waals surface area contributed by atoms with Gasteiger partial charge in [0.1, 0.15) is 0 Å². The highest BCUT2D eigenvalue weighted by molar-refractivity contribution is 8.00. The summed E-state index contributed by atoms with van der Waals surface area (Å²) in [5.74, 6) is 0.751. The van der Waals surface area contributed by atoms with Crippen molar-refractivity contribution >= 4 is 22.1 Å². The third kappa shape index (κ3) is 3.75. The molecule has 0 spiro atoms. The third-order valence-electron chi connectivity index (χ3n) is 1.82. The predicted molar refractivity (Wildman–Crippen MR) is 49.6 cm³/mol. The van der Waals surface area contributed by atoms with Gasteiger partial charge in [0.25, 0.3) is 0 Å². The van der Waals surface area contributed by atoms with Crippen LogP contribution < -0.4 is 4.72 Å². The lowest BCUT2D eigenvalue weighted by molar-refractivity contribution is 0.447. The smallest absolute Gasteiger partial charge is 0.273 e. The van der Waals surface area contributed by atoms with E-state index in [0.717, 1.165) is 18.6 Å². The van der Waals surface area contributed by atoms with E-state index in [9.17, 15) is 8.42 Å². The van der Waals surface area contributed by atoms with Crippen molar-refractivity contribution < 1.29 is 13.0 Å². The zero-order valence-corrected chi connectivity index (χ0v) is 8.49. The molecule has 0 unspecified atom stereocenters. The number of hydrogen-bond donors (Lipinski definition) is 2. The van der Waals surface area contributed by atoms with Crippen LogP contribution in [0.15, 0.2) is 0 Å². The minimum absolute atomic E-state index is 0.0961. The molecule has 0 bridgehead atoms. The first-order valence-corrected chi connectivity index (χ1v) is 6.32. The van der Waals surface area contributed by atoms with Crippen molar-refractivity contribution in [1.82, 2.24) is 4.72 Å². The van der Waals surface area contributed by atoms with Crippen molar-refractivity contribution in [2.45, 2.75) is 31.1 Å². The molecular formula is C6H13NO3S2. The van der Waals surface area contributed by atoms with Crippen LogP contribution in [0.2, 0.25) is 0 Å². The van der Waals surface area contributed by atoms with Gasteiger partial charge in [-0.3, -0.25) is 4.55 Å². The molecule has 6 heteroatoms. The molecule has 0 radical (unpaired) electrons. The largest absolute Gasteiger partial charge is 0.333 e. The summed E-state index contributed by atoms with van der Waals surface area (Å²) in [5, 5.41) is 0.601. The Balaban J connectivity index is 2.36. The van der Waals surface area contributed by atoms with E-state index in [1.165, 1.54) is 0 Å². The Morgan fingerprint density at radius 1 is 1.50 bits per heavy atom. The molecule has 1 heterocycles. The van der Waals surface area contributed by atoms with Crippen LogP contribution in [0.3, 0.4) is 0 Å². The molecule has 0 aromatic heterocycles. The molecule has 1 saturated heterocycles. The average Bonchev–Trinajstić information content (AvgIpc) is 1.91. The van der Waals surface area contributed by atoms with Gasteiger partial charge < -0.3 is 0 Å². The molecule has 1 rings (SSSR count). The Morgan fingerprint density at radius 2 is 2.17 bits per heavy atom. The minimum Gasteiger partial charge on any atom is -0.273 e. The predicted octanol–water partition coefficient (Wildman–Crippen LogP) is 0.663. The summed E-state index contributed by atoms with van der Waals surface area (Å²) in [5.41, 5.74) is 0. The molecule has 72 valence electrons. The fourth-order valence-electron chi connectivity index (χ4n) is 1.19. The highest BCUT2D eigenvalue weighted by atomic mass is 32.2. The van der Waals surface area contributed by atoms with E-state index in [-0.39, 0.29) is 6.04 Å². The van der Waals surface area contributed by atoms with Gasteiger partial charge in [-0.1, -0.05) is 6.92 Å². The summed E-state index contributed by atoms with van der Waals surface area (Å²) >= 11 is 1.73. The van der Waals surface area contributed by atoms with Gasteiger partial charge >= 0.3 is 10.3 Å². The summed E-state index contributed by atoms with van der Waals surface area (Å²) in [6, 6.07) is -0.0961. The van der Waals surface area contributed by atoms with Crippen LogP contribution in [-0.4, -0.2) is 30.0 Å². The molecule has 4 nitrogen and oxygen atoms in total. The van der Waals surface area contributed by atoms with Crippen LogP contribution in [0.4, 0.5) is 0 Å². The van der Waals surface area contributed by atoms with Crippen LogP contribution >= 0.6 is 11.8 Å². The van der Waals surface area contributed by atoms with E-state index in [1.807, 2.05) is 0 Å². The van der Waals surface area contributed by atoms with Gasteiger partial charge in [0.15, 0.2) is 0 Å². The molecular weight excluding hydrogens is 198 g/mol. The first-order valence-electron chi connectivity index (χ1n) is 3.84. The van der Waals surface area contributed by atoms with E-state index >= 15 is 0 Å². The first-order chi connectivity index (χ1) is 5.47. The van der Waals surface area contributed by atoms with Crippen LogP contribution in [-0.2, 0) is 10.3 Å². The summed E-state index contributed by atoms with van der Waals surface area (Å²) < 4.78 is 31.5. The van der Waals surface area contributed by atoms with Gasteiger partial charge in [-0.25, -0.2) is 0 Å². The topological polar surface area (TPSA) is 66.4 Å². The van der Waals surface area contributed by atoms with Gasteiger partial charge in [-0.2, -0.15) is 24.9 Å². The Morgan fingerprint density at radius 3 is 2.58 bits per heavy atom. The van der Waals surface area contributed by atoms with Crippen molar-refractivity contribution in [3.63, 3.8) is 0 Å². The summed E-state index contributed by atoms with van der Waals surface area (Å²) in [7, 11) is -4.00. The molecule has 0 aromatic rings. The van der Waals surface area contributed by atoms with Crippen LogP contribution in [0.1, 0.15) is 19.8 Å². The molecule has 1 fully saturated rings. The maximum atomic E-state index is 10.4. The van der Waals surface area contributed by atoms with E-state index in [4.69, 9.17) is 4.55 Å². The Kier molecular flexibility index (Phi) is 3.39. The first kappa shape index (κ1) is 10.3. The summed E-state index contributed by atoms with van der Waals surface area (Å²) in [6.45, 7) is 2.12. The molecule has 1 aliphatic rings.